The molecular weight excluding hydrogens is 119 g/mol. The Labute approximate surface area is 44.9 Å². The van der Waals surface area contributed by atoms with Gasteiger partial charge in [-0.25, -0.2) is 0 Å². The molecule has 48 valence electrons. The molecule has 1 heterocycles. The number of halogens is 3. The van der Waals surface area contributed by atoms with Gasteiger partial charge in [0.25, 0.3) is 0 Å². The molecular formula is C4H6F3N. The predicted molar refractivity (Wildman–Crippen MR) is 22.5 cm³/mol. The van der Waals surface area contributed by atoms with Crippen molar-refractivity contribution in [2.24, 2.45) is 0 Å². The van der Waals surface area contributed by atoms with E-state index in [-0.39, 0.29) is 6.42 Å². The summed E-state index contributed by atoms with van der Waals surface area (Å²) in [6.45, 7) is 0.504. The van der Waals surface area contributed by atoms with Gasteiger partial charge in [-0.3, -0.25) is 0 Å². The normalized spacial score (nSPS) is 29.6. The molecule has 1 aliphatic rings. The van der Waals surface area contributed by atoms with Crippen molar-refractivity contribution in [3.8, 4) is 0 Å². The lowest BCUT2D eigenvalue weighted by molar-refractivity contribution is -0.169. The van der Waals surface area contributed by atoms with Gasteiger partial charge < -0.3 is 5.32 Å². The van der Waals surface area contributed by atoms with Gasteiger partial charge in [0.15, 0.2) is 0 Å². The van der Waals surface area contributed by atoms with E-state index >= 15 is 0 Å². The maximum atomic E-state index is 11.4. The number of alkyl halides is 3. The SMILES string of the molecule is FC(F)(F)[C@H]1CCN1. The molecule has 0 aliphatic carbocycles. The Kier molecular flexibility index (Phi) is 1.19. The fourth-order valence-electron chi connectivity index (χ4n) is 0.568. The second-order valence-corrected chi connectivity index (χ2v) is 1.84. The highest BCUT2D eigenvalue weighted by Gasteiger charge is 2.42. The van der Waals surface area contributed by atoms with Crippen molar-refractivity contribution >= 4 is 0 Å². The van der Waals surface area contributed by atoms with Crippen LogP contribution in [0.2, 0.25) is 0 Å². The quantitative estimate of drug-likeness (QED) is 0.507. The largest absolute Gasteiger partial charge is 0.403 e. The highest BCUT2D eigenvalue weighted by Crippen LogP contribution is 2.25. The molecule has 1 saturated heterocycles. The van der Waals surface area contributed by atoms with E-state index in [1.165, 1.54) is 0 Å². The third-order valence-electron chi connectivity index (χ3n) is 1.22. The van der Waals surface area contributed by atoms with Gasteiger partial charge in [-0.2, -0.15) is 13.2 Å². The molecule has 0 bridgehead atoms. The van der Waals surface area contributed by atoms with Crippen LogP contribution in [-0.2, 0) is 0 Å². The van der Waals surface area contributed by atoms with E-state index in [0.29, 0.717) is 6.54 Å². The third-order valence-corrected chi connectivity index (χ3v) is 1.22. The van der Waals surface area contributed by atoms with Crippen molar-refractivity contribution in [1.29, 1.82) is 0 Å². The van der Waals surface area contributed by atoms with Gasteiger partial charge in [-0.05, 0) is 13.0 Å². The smallest absolute Gasteiger partial charge is 0.306 e. The molecule has 1 fully saturated rings. The molecule has 8 heavy (non-hydrogen) atoms. The average molecular weight is 125 g/mol. The molecule has 4 heteroatoms. The second-order valence-electron chi connectivity index (χ2n) is 1.84. The van der Waals surface area contributed by atoms with Crippen molar-refractivity contribution in [2.75, 3.05) is 6.54 Å². The minimum Gasteiger partial charge on any atom is -0.306 e. The zero-order chi connectivity index (χ0) is 6.20. The second kappa shape index (κ2) is 1.62. The summed E-state index contributed by atoms with van der Waals surface area (Å²) in [6.07, 6.45) is -3.78. The summed E-state index contributed by atoms with van der Waals surface area (Å²) in [5.74, 6) is 0. The van der Waals surface area contributed by atoms with Crippen molar-refractivity contribution in [1.82, 2.24) is 5.32 Å². The Morgan fingerprint density at radius 1 is 1.38 bits per heavy atom. The van der Waals surface area contributed by atoms with E-state index in [4.69, 9.17) is 0 Å². The van der Waals surface area contributed by atoms with Gasteiger partial charge in [0.1, 0.15) is 6.04 Å². The summed E-state index contributed by atoms with van der Waals surface area (Å²) < 4.78 is 34.3. The topological polar surface area (TPSA) is 12.0 Å². The molecule has 0 spiro atoms. The summed E-state index contributed by atoms with van der Waals surface area (Å²) in [5.41, 5.74) is 0. The first kappa shape index (κ1) is 5.88. The molecule has 1 rings (SSSR count). The van der Waals surface area contributed by atoms with E-state index in [1.807, 2.05) is 0 Å². The molecule has 0 amide bonds. The summed E-state index contributed by atoms with van der Waals surface area (Å²) in [5, 5.41) is 2.26. The van der Waals surface area contributed by atoms with Crippen LogP contribution < -0.4 is 5.32 Å². The van der Waals surface area contributed by atoms with Crippen molar-refractivity contribution in [3.05, 3.63) is 0 Å². The van der Waals surface area contributed by atoms with E-state index < -0.39 is 12.2 Å². The fourth-order valence-corrected chi connectivity index (χ4v) is 0.568. The molecule has 1 aliphatic heterocycles. The zero-order valence-electron chi connectivity index (χ0n) is 4.13. The average Bonchev–Trinajstić information content (AvgIpc) is 1.16. The standard InChI is InChI=1S/C4H6F3N/c5-4(6,7)3-1-2-8-3/h3,8H,1-2H2/t3-/m1/s1. The van der Waals surface area contributed by atoms with Crippen LogP contribution in [0.15, 0.2) is 0 Å². The highest BCUT2D eigenvalue weighted by atomic mass is 19.4. The van der Waals surface area contributed by atoms with Crippen molar-refractivity contribution in [2.45, 2.75) is 18.6 Å². The van der Waals surface area contributed by atoms with E-state index in [0.717, 1.165) is 0 Å². The third kappa shape index (κ3) is 0.940. The van der Waals surface area contributed by atoms with Crippen LogP contribution in [0.1, 0.15) is 6.42 Å². The van der Waals surface area contributed by atoms with Crippen LogP contribution in [0.3, 0.4) is 0 Å². The van der Waals surface area contributed by atoms with Gasteiger partial charge in [0, 0.05) is 0 Å². The Morgan fingerprint density at radius 2 is 1.88 bits per heavy atom. The molecule has 0 aromatic heterocycles. The van der Waals surface area contributed by atoms with Gasteiger partial charge in [0.05, 0.1) is 0 Å². The lowest BCUT2D eigenvalue weighted by atomic mass is 10.1. The molecule has 0 aromatic carbocycles. The number of hydrogen-bond acceptors (Lipinski definition) is 1. The van der Waals surface area contributed by atoms with Crippen LogP contribution >= 0.6 is 0 Å². The van der Waals surface area contributed by atoms with Gasteiger partial charge in [0.2, 0.25) is 0 Å². The summed E-state index contributed by atoms with van der Waals surface area (Å²) in [7, 11) is 0. The monoisotopic (exact) mass is 125 g/mol. The minimum absolute atomic E-state index is 0.240. The van der Waals surface area contributed by atoms with E-state index in [9.17, 15) is 13.2 Å². The van der Waals surface area contributed by atoms with Gasteiger partial charge in [-0.15, -0.1) is 0 Å². The Bertz CT molecular complexity index is 83.8. The lowest BCUT2D eigenvalue weighted by Gasteiger charge is -2.29. The zero-order valence-corrected chi connectivity index (χ0v) is 4.13. The van der Waals surface area contributed by atoms with E-state index in [1.54, 1.807) is 0 Å². The molecule has 0 radical (unpaired) electrons. The van der Waals surface area contributed by atoms with Crippen LogP contribution in [0, 0.1) is 0 Å². The van der Waals surface area contributed by atoms with Gasteiger partial charge in [-0.1, -0.05) is 0 Å². The first-order valence-electron chi connectivity index (χ1n) is 2.41. The fraction of sp³-hybridized carbons (Fsp3) is 1.00. The number of nitrogens with one attached hydrogen (secondary N) is 1. The van der Waals surface area contributed by atoms with Crippen molar-refractivity contribution in [3.63, 3.8) is 0 Å². The summed E-state index contributed by atoms with van der Waals surface area (Å²) in [6, 6.07) is -1.22. The van der Waals surface area contributed by atoms with Crippen molar-refractivity contribution < 1.29 is 13.2 Å². The molecule has 1 atom stereocenters. The number of rotatable bonds is 0. The summed E-state index contributed by atoms with van der Waals surface area (Å²) in [4.78, 5) is 0. The molecule has 0 aromatic rings. The Balaban J connectivity index is 2.34. The molecule has 1 N–H and O–H groups in total. The van der Waals surface area contributed by atoms with Crippen LogP contribution in [0.25, 0.3) is 0 Å². The van der Waals surface area contributed by atoms with Crippen LogP contribution in [0.4, 0.5) is 13.2 Å². The first-order valence-corrected chi connectivity index (χ1v) is 2.41. The first-order chi connectivity index (χ1) is 3.61. The Hall–Kier alpha value is -0.250. The van der Waals surface area contributed by atoms with Crippen LogP contribution in [-0.4, -0.2) is 18.8 Å². The molecule has 0 unspecified atom stereocenters. The maximum absolute atomic E-state index is 11.4. The number of hydrogen-bond donors (Lipinski definition) is 1. The Morgan fingerprint density at radius 3 is 1.88 bits per heavy atom. The minimum atomic E-state index is -4.02. The van der Waals surface area contributed by atoms with E-state index in [2.05, 4.69) is 5.32 Å². The predicted octanol–water partition coefficient (Wildman–Crippen LogP) is 0.911. The highest BCUT2D eigenvalue weighted by molar-refractivity contribution is 4.83. The van der Waals surface area contributed by atoms with Crippen LogP contribution in [0.5, 0.6) is 0 Å². The lowest BCUT2D eigenvalue weighted by Crippen LogP contribution is -2.52. The molecule has 0 saturated carbocycles. The molecule has 1 nitrogen and oxygen atoms in total. The van der Waals surface area contributed by atoms with Gasteiger partial charge >= 0.3 is 6.18 Å². The summed E-state index contributed by atoms with van der Waals surface area (Å²) >= 11 is 0. The maximum Gasteiger partial charge on any atom is 0.403 e.